The number of piperidine rings is 1. The predicted octanol–water partition coefficient (Wildman–Crippen LogP) is 2.65. The molecular weight excluding hydrogens is 360 g/mol. The van der Waals surface area contributed by atoms with Crippen molar-refractivity contribution < 1.29 is 23.5 Å². The summed E-state index contributed by atoms with van der Waals surface area (Å²) in [4.78, 5) is 27.0. The van der Waals surface area contributed by atoms with E-state index in [4.69, 9.17) is 13.9 Å². The van der Waals surface area contributed by atoms with Crippen LogP contribution in [-0.4, -0.2) is 50.1 Å². The Balaban J connectivity index is 1.61. The fourth-order valence-electron chi connectivity index (χ4n) is 3.50. The highest BCUT2D eigenvalue weighted by Crippen LogP contribution is 2.24. The molecule has 2 heterocycles. The summed E-state index contributed by atoms with van der Waals surface area (Å²) in [7, 11) is 3.23. The number of benzene rings is 1. The minimum absolute atomic E-state index is 0.138. The van der Waals surface area contributed by atoms with E-state index in [-0.39, 0.29) is 17.6 Å². The summed E-state index contributed by atoms with van der Waals surface area (Å²) in [5, 5.41) is 2.96. The number of amides is 2. The van der Waals surface area contributed by atoms with Gasteiger partial charge in [-0.15, -0.1) is 0 Å². The minimum Gasteiger partial charge on any atom is -0.497 e. The second-order valence-electron chi connectivity index (χ2n) is 6.71. The molecule has 150 valence electrons. The van der Waals surface area contributed by atoms with Crippen molar-refractivity contribution in [2.45, 2.75) is 31.7 Å². The van der Waals surface area contributed by atoms with Crippen molar-refractivity contribution in [1.29, 1.82) is 0 Å². The van der Waals surface area contributed by atoms with Gasteiger partial charge in [0.25, 0.3) is 5.91 Å². The molecule has 1 aliphatic heterocycles. The lowest BCUT2D eigenvalue weighted by molar-refractivity contribution is -0.126. The van der Waals surface area contributed by atoms with Crippen molar-refractivity contribution in [2.75, 3.05) is 27.3 Å². The average molecular weight is 386 g/mol. The molecule has 1 unspecified atom stereocenters. The van der Waals surface area contributed by atoms with Gasteiger partial charge in [-0.25, -0.2) is 0 Å². The largest absolute Gasteiger partial charge is 0.497 e. The van der Waals surface area contributed by atoms with Crippen LogP contribution in [0.1, 0.15) is 35.4 Å². The van der Waals surface area contributed by atoms with E-state index in [0.29, 0.717) is 25.9 Å². The summed E-state index contributed by atoms with van der Waals surface area (Å²) in [5.41, 5.74) is 0.953. The first kappa shape index (κ1) is 19.8. The molecule has 1 aromatic carbocycles. The monoisotopic (exact) mass is 386 g/mol. The Kier molecular flexibility index (Phi) is 6.57. The van der Waals surface area contributed by atoms with E-state index in [2.05, 4.69) is 5.32 Å². The zero-order chi connectivity index (χ0) is 19.9. The first-order valence-electron chi connectivity index (χ1n) is 9.47. The van der Waals surface area contributed by atoms with Crippen LogP contribution in [0.2, 0.25) is 0 Å². The second-order valence-corrected chi connectivity index (χ2v) is 6.71. The molecule has 1 aliphatic rings. The van der Waals surface area contributed by atoms with Crippen molar-refractivity contribution in [3.05, 3.63) is 47.9 Å². The molecule has 1 fully saturated rings. The Morgan fingerprint density at radius 1 is 1.21 bits per heavy atom. The van der Waals surface area contributed by atoms with Gasteiger partial charge in [-0.2, -0.15) is 0 Å². The summed E-state index contributed by atoms with van der Waals surface area (Å²) in [6, 6.07) is 8.41. The van der Waals surface area contributed by atoms with Crippen molar-refractivity contribution >= 4 is 11.8 Å². The van der Waals surface area contributed by atoms with Gasteiger partial charge in [-0.05, 0) is 61.6 Å². The number of furan rings is 1. The van der Waals surface area contributed by atoms with Gasteiger partial charge in [-0.3, -0.25) is 9.59 Å². The number of nitrogens with one attached hydrogen (secondary N) is 1. The minimum atomic E-state index is -0.474. The van der Waals surface area contributed by atoms with E-state index in [1.807, 2.05) is 18.2 Å². The lowest BCUT2D eigenvalue weighted by Gasteiger charge is -2.34. The van der Waals surface area contributed by atoms with Gasteiger partial charge in [0.15, 0.2) is 5.76 Å². The molecule has 0 saturated carbocycles. The fraction of sp³-hybridized carbons (Fsp3) is 0.429. The molecule has 1 atom stereocenters. The molecule has 0 aliphatic carbocycles. The van der Waals surface area contributed by atoms with Crippen molar-refractivity contribution in [3.8, 4) is 11.5 Å². The van der Waals surface area contributed by atoms with Crippen LogP contribution in [0, 0.1) is 0 Å². The Labute approximate surface area is 164 Å². The highest BCUT2D eigenvalue weighted by atomic mass is 16.5. The first-order chi connectivity index (χ1) is 13.6. The number of hydrogen-bond acceptors (Lipinski definition) is 5. The number of methoxy groups -OCH3 is 2. The molecule has 7 nitrogen and oxygen atoms in total. The standard InChI is InChI=1S/C21H26N2O5/c1-26-16-8-9-18(27-2)15(14-16)10-11-22-20(24)17-6-3-4-12-23(17)21(25)19-7-5-13-28-19/h5,7-9,13-14,17H,3-4,6,10-12H2,1-2H3,(H,22,24). The molecule has 1 N–H and O–H groups in total. The quantitative estimate of drug-likeness (QED) is 0.791. The molecule has 2 aromatic rings. The van der Waals surface area contributed by atoms with Crippen LogP contribution in [0.5, 0.6) is 11.5 Å². The summed E-state index contributed by atoms with van der Waals surface area (Å²) in [6.45, 7) is 1.00. The zero-order valence-electron chi connectivity index (χ0n) is 16.3. The normalized spacial score (nSPS) is 16.5. The van der Waals surface area contributed by atoms with E-state index in [9.17, 15) is 9.59 Å². The maximum absolute atomic E-state index is 12.8. The van der Waals surface area contributed by atoms with Crippen LogP contribution in [0.3, 0.4) is 0 Å². The van der Waals surface area contributed by atoms with E-state index < -0.39 is 6.04 Å². The predicted molar refractivity (Wildman–Crippen MR) is 104 cm³/mol. The molecule has 7 heteroatoms. The lowest BCUT2D eigenvalue weighted by atomic mass is 10.0. The zero-order valence-corrected chi connectivity index (χ0v) is 16.3. The van der Waals surface area contributed by atoms with Gasteiger partial charge in [-0.1, -0.05) is 0 Å². The van der Waals surface area contributed by atoms with Crippen LogP contribution in [0.15, 0.2) is 41.0 Å². The third-order valence-electron chi connectivity index (χ3n) is 4.98. The number of nitrogens with zero attached hydrogens (tertiary/aromatic N) is 1. The molecule has 1 saturated heterocycles. The maximum Gasteiger partial charge on any atom is 0.290 e. The molecule has 2 amide bonds. The van der Waals surface area contributed by atoms with Crippen LogP contribution in [0.4, 0.5) is 0 Å². The van der Waals surface area contributed by atoms with Crippen LogP contribution in [-0.2, 0) is 11.2 Å². The first-order valence-corrected chi connectivity index (χ1v) is 9.47. The number of ether oxygens (including phenoxy) is 2. The van der Waals surface area contributed by atoms with Gasteiger partial charge in [0, 0.05) is 13.1 Å². The average Bonchev–Trinajstić information content (AvgIpc) is 3.28. The summed E-state index contributed by atoms with van der Waals surface area (Å²) in [5.74, 6) is 1.38. The summed E-state index contributed by atoms with van der Waals surface area (Å²) in [6.07, 6.45) is 4.53. The molecule has 28 heavy (non-hydrogen) atoms. The van der Waals surface area contributed by atoms with Crippen LogP contribution in [0.25, 0.3) is 0 Å². The van der Waals surface area contributed by atoms with Gasteiger partial charge in [0.2, 0.25) is 5.91 Å². The van der Waals surface area contributed by atoms with Crippen LogP contribution < -0.4 is 14.8 Å². The van der Waals surface area contributed by atoms with Crippen molar-refractivity contribution in [1.82, 2.24) is 10.2 Å². The smallest absolute Gasteiger partial charge is 0.290 e. The molecule has 0 spiro atoms. The van der Waals surface area contributed by atoms with Crippen molar-refractivity contribution in [3.63, 3.8) is 0 Å². The third-order valence-corrected chi connectivity index (χ3v) is 4.98. The highest BCUT2D eigenvalue weighted by molar-refractivity contribution is 5.95. The number of hydrogen-bond donors (Lipinski definition) is 1. The van der Waals surface area contributed by atoms with E-state index in [1.54, 1.807) is 31.3 Å². The molecular formula is C21H26N2O5. The second kappa shape index (κ2) is 9.30. The number of carbonyl (C=O) groups is 2. The molecule has 0 bridgehead atoms. The topological polar surface area (TPSA) is 81.0 Å². The number of likely N-dealkylation sites (tertiary alicyclic amines) is 1. The summed E-state index contributed by atoms with van der Waals surface area (Å²) >= 11 is 0. The maximum atomic E-state index is 12.8. The Morgan fingerprint density at radius 3 is 2.79 bits per heavy atom. The Bertz CT molecular complexity index is 803. The molecule has 1 aromatic heterocycles. The molecule has 0 radical (unpaired) electrons. The Hall–Kier alpha value is -2.96. The SMILES string of the molecule is COc1ccc(OC)c(CCNC(=O)C2CCCCN2C(=O)c2ccco2)c1. The van der Waals surface area contributed by atoms with Gasteiger partial charge in [0.1, 0.15) is 17.5 Å². The number of carbonyl (C=O) groups excluding carboxylic acids is 2. The summed E-state index contributed by atoms with van der Waals surface area (Å²) < 4.78 is 15.8. The van der Waals surface area contributed by atoms with Gasteiger partial charge in [0.05, 0.1) is 20.5 Å². The van der Waals surface area contributed by atoms with Gasteiger partial charge >= 0.3 is 0 Å². The Morgan fingerprint density at radius 2 is 2.07 bits per heavy atom. The lowest BCUT2D eigenvalue weighted by Crippen LogP contribution is -2.52. The van der Waals surface area contributed by atoms with E-state index >= 15 is 0 Å². The van der Waals surface area contributed by atoms with Crippen molar-refractivity contribution in [2.24, 2.45) is 0 Å². The van der Waals surface area contributed by atoms with Crippen LogP contribution >= 0.6 is 0 Å². The van der Waals surface area contributed by atoms with Gasteiger partial charge < -0.3 is 24.1 Å². The number of rotatable bonds is 7. The molecule has 3 rings (SSSR count). The fourth-order valence-corrected chi connectivity index (χ4v) is 3.50. The van der Waals surface area contributed by atoms with E-state index in [0.717, 1.165) is 29.9 Å². The third kappa shape index (κ3) is 4.47. The van der Waals surface area contributed by atoms with E-state index in [1.165, 1.54) is 6.26 Å². The highest BCUT2D eigenvalue weighted by Gasteiger charge is 2.33.